The molecular formula is C10H11Cl2F3N6. The van der Waals surface area contributed by atoms with Gasteiger partial charge in [0.25, 0.3) is 5.95 Å². The summed E-state index contributed by atoms with van der Waals surface area (Å²) in [5, 5.41) is 10.7. The maximum absolute atomic E-state index is 12.7. The molecule has 2 aromatic rings. The predicted molar refractivity (Wildman–Crippen MR) is 77.3 cm³/mol. The lowest BCUT2D eigenvalue weighted by atomic mass is 10.1. The molecule has 21 heavy (non-hydrogen) atoms. The minimum Gasteiger partial charge on any atom is -0.335 e. The predicted octanol–water partition coefficient (Wildman–Crippen LogP) is 2.30. The number of nitrogens with one attached hydrogen (secondary N) is 1. The average molecular weight is 343 g/mol. The summed E-state index contributed by atoms with van der Waals surface area (Å²) >= 11 is 0. The molecule has 1 heterocycles. The summed E-state index contributed by atoms with van der Waals surface area (Å²) in [5.41, 5.74) is 1.55. The van der Waals surface area contributed by atoms with Crippen molar-refractivity contribution in [3.63, 3.8) is 0 Å². The first kappa shape index (κ1) is 19.0. The third kappa shape index (κ3) is 4.80. The van der Waals surface area contributed by atoms with Gasteiger partial charge in [-0.05, 0) is 6.07 Å². The number of nitrogens with two attached hydrogens (primary N) is 1. The van der Waals surface area contributed by atoms with Crippen LogP contribution in [0.25, 0.3) is 0 Å². The normalized spacial score (nSPS) is 10.8. The summed E-state index contributed by atoms with van der Waals surface area (Å²) in [4.78, 5) is 0. The van der Waals surface area contributed by atoms with Crippen LogP contribution in [0.1, 0.15) is 11.1 Å². The second-order valence-electron chi connectivity index (χ2n) is 3.52. The third-order valence-electron chi connectivity index (χ3n) is 2.21. The van der Waals surface area contributed by atoms with Crippen LogP contribution in [0.3, 0.4) is 0 Å². The SMILES string of the molecule is Cl.Cl.Nn1cnnc1N/N=C\c1ccccc1C(F)(F)F. The van der Waals surface area contributed by atoms with Crippen molar-refractivity contribution in [1.82, 2.24) is 14.9 Å². The Balaban J connectivity index is 0.00000200. The highest BCUT2D eigenvalue weighted by Crippen LogP contribution is 2.31. The number of alkyl halides is 3. The van der Waals surface area contributed by atoms with Crippen molar-refractivity contribution < 1.29 is 13.2 Å². The van der Waals surface area contributed by atoms with Gasteiger partial charge >= 0.3 is 6.18 Å². The minimum absolute atomic E-state index is 0. The van der Waals surface area contributed by atoms with Gasteiger partial charge in [0.2, 0.25) is 0 Å². The molecule has 0 amide bonds. The molecule has 0 fully saturated rings. The Morgan fingerprint density at radius 1 is 1.24 bits per heavy atom. The summed E-state index contributed by atoms with van der Waals surface area (Å²) < 4.78 is 39.1. The van der Waals surface area contributed by atoms with Gasteiger partial charge in [0.15, 0.2) is 0 Å². The van der Waals surface area contributed by atoms with Crippen molar-refractivity contribution in [2.24, 2.45) is 5.10 Å². The Morgan fingerprint density at radius 2 is 1.90 bits per heavy atom. The number of benzene rings is 1. The van der Waals surface area contributed by atoms with Crippen molar-refractivity contribution in [2.75, 3.05) is 11.3 Å². The molecular weight excluding hydrogens is 332 g/mol. The molecule has 116 valence electrons. The highest BCUT2D eigenvalue weighted by atomic mass is 35.5. The van der Waals surface area contributed by atoms with Crippen LogP contribution in [-0.4, -0.2) is 21.1 Å². The fourth-order valence-corrected chi connectivity index (χ4v) is 1.35. The molecule has 0 aliphatic heterocycles. The van der Waals surface area contributed by atoms with E-state index >= 15 is 0 Å². The van der Waals surface area contributed by atoms with Gasteiger partial charge < -0.3 is 5.84 Å². The first-order valence-electron chi connectivity index (χ1n) is 5.09. The van der Waals surface area contributed by atoms with Gasteiger partial charge in [-0.1, -0.05) is 18.2 Å². The Morgan fingerprint density at radius 3 is 2.48 bits per heavy atom. The molecule has 0 radical (unpaired) electrons. The van der Waals surface area contributed by atoms with Crippen LogP contribution < -0.4 is 11.3 Å². The van der Waals surface area contributed by atoms with Crippen molar-refractivity contribution in [2.45, 2.75) is 6.18 Å². The van der Waals surface area contributed by atoms with Gasteiger partial charge in [-0.15, -0.1) is 35.0 Å². The van der Waals surface area contributed by atoms with E-state index in [2.05, 4.69) is 20.7 Å². The van der Waals surface area contributed by atoms with Crippen LogP contribution in [0.2, 0.25) is 0 Å². The Hall–Kier alpha value is -2.00. The number of rotatable bonds is 3. The number of hydrogen-bond acceptors (Lipinski definition) is 5. The molecule has 0 bridgehead atoms. The zero-order valence-corrected chi connectivity index (χ0v) is 11.9. The molecule has 0 saturated heterocycles. The molecule has 0 aliphatic carbocycles. The standard InChI is InChI=1S/C10H9F3N6.2ClH/c11-10(12,13)8-4-2-1-3-7(8)5-15-17-9-18-16-6-19(9)14;;/h1-6H,14H2,(H,17,18);2*1H/b15-5-;;. The molecule has 0 aliphatic rings. The molecule has 0 unspecified atom stereocenters. The summed E-state index contributed by atoms with van der Waals surface area (Å²) in [7, 11) is 0. The lowest BCUT2D eigenvalue weighted by Crippen LogP contribution is -2.11. The average Bonchev–Trinajstić information content (AvgIpc) is 2.75. The van der Waals surface area contributed by atoms with Crippen molar-refractivity contribution >= 4 is 37.0 Å². The lowest BCUT2D eigenvalue weighted by Gasteiger charge is -2.09. The maximum atomic E-state index is 12.7. The Kier molecular flexibility index (Phi) is 6.96. The van der Waals surface area contributed by atoms with E-state index in [1.165, 1.54) is 24.5 Å². The Labute approximate surface area is 130 Å². The lowest BCUT2D eigenvalue weighted by molar-refractivity contribution is -0.137. The van der Waals surface area contributed by atoms with E-state index in [4.69, 9.17) is 5.84 Å². The number of anilines is 1. The van der Waals surface area contributed by atoms with Crippen molar-refractivity contribution in [3.05, 3.63) is 41.7 Å². The van der Waals surface area contributed by atoms with Gasteiger partial charge in [-0.2, -0.15) is 18.3 Å². The molecule has 11 heteroatoms. The second kappa shape index (κ2) is 7.70. The van der Waals surface area contributed by atoms with E-state index in [-0.39, 0.29) is 36.3 Å². The number of nitrogens with zero attached hydrogens (tertiary/aromatic N) is 4. The second-order valence-corrected chi connectivity index (χ2v) is 3.52. The van der Waals surface area contributed by atoms with E-state index < -0.39 is 11.7 Å². The number of hydrogen-bond donors (Lipinski definition) is 2. The van der Waals surface area contributed by atoms with E-state index in [0.717, 1.165) is 17.0 Å². The molecule has 2 rings (SSSR count). The van der Waals surface area contributed by atoms with Gasteiger partial charge in [0.05, 0.1) is 11.8 Å². The monoisotopic (exact) mass is 342 g/mol. The zero-order valence-electron chi connectivity index (χ0n) is 10.3. The highest BCUT2D eigenvalue weighted by Gasteiger charge is 2.32. The number of nitrogen functional groups attached to an aromatic ring is 1. The van der Waals surface area contributed by atoms with Crippen molar-refractivity contribution in [3.8, 4) is 0 Å². The first-order chi connectivity index (χ1) is 8.98. The van der Waals surface area contributed by atoms with E-state index in [9.17, 15) is 13.2 Å². The minimum atomic E-state index is -4.43. The van der Waals surface area contributed by atoms with Crippen molar-refractivity contribution in [1.29, 1.82) is 0 Å². The molecule has 3 N–H and O–H groups in total. The van der Waals surface area contributed by atoms with Crippen LogP contribution in [0.4, 0.5) is 19.1 Å². The molecule has 1 aromatic carbocycles. The van der Waals surface area contributed by atoms with Gasteiger partial charge in [0, 0.05) is 5.56 Å². The molecule has 1 aromatic heterocycles. The quantitative estimate of drug-likeness (QED) is 0.509. The van der Waals surface area contributed by atoms with Gasteiger partial charge in [-0.3, -0.25) is 0 Å². The zero-order chi connectivity index (χ0) is 13.9. The maximum Gasteiger partial charge on any atom is 0.417 e. The molecule has 6 nitrogen and oxygen atoms in total. The fourth-order valence-electron chi connectivity index (χ4n) is 1.35. The fraction of sp³-hybridized carbons (Fsp3) is 0.100. The largest absolute Gasteiger partial charge is 0.417 e. The van der Waals surface area contributed by atoms with Crippen LogP contribution in [-0.2, 0) is 6.18 Å². The van der Waals surface area contributed by atoms with Crippen LogP contribution in [0.5, 0.6) is 0 Å². The molecule has 0 atom stereocenters. The van der Waals surface area contributed by atoms with E-state index in [1.807, 2.05) is 0 Å². The topological polar surface area (TPSA) is 81.1 Å². The summed E-state index contributed by atoms with van der Waals surface area (Å²) in [6.07, 6.45) is -2.17. The number of hydrazone groups is 1. The smallest absolute Gasteiger partial charge is 0.335 e. The highest BCUT2D eigenvalue weighted by molar-refractivity contribution is 5.85. The van der Waals surface area contributed by atoms with Crippen LogP contribution in [0, 0.1) is 0 Å². The first-order valence-corrected chi connectivity index (χ1v) is 5.09. The Bertz CT molecular complexity index is 598. The van der Waals surface area contributed by atoms with Crippen LogP contribution in [0.15, 0.2) is 35.7 Å². The summed E-state index contributed by atoms with van der Waals surface area (Å²) in [6, 6.07) is 5.08. The van der Waals surface area contributed by atoms with E-state index in [1.54, 1.807) is 0 Å². The molecule has 0 saturated carbocycles. The molecule has 0 spiro atoms. The third-order valence-corrected chi connectivity index (χ3v) is 2.21. The van der Waals surface area contributed by atoms with Crippen LogP contribution >= 0.6 is 24.8 Å². The van der Waals surface area contributed by atoms with Gasteiger partial charge in [0.1, 0.15) is 6.33 Å². The van der Waals surface area contributed by atoms with Gasteiger partial charge in [-0.25, -0.2) is 10.1 Å². The summed E-state index contributed by atoms with van der Waals surface area (Å²) in [6.45, 7) is 0. The number of aromatic nitrogens is 3. The summed E-state index contributed by atoms with van der Waals surface area (Å²) in [5.74, 6) is 5.51. The van der Waals surface area contributed by atoms with E-state index in [0.29, 0.717) is 0 Å². The number of halogens is 5.